The molecule has 20 heavy (non-hydrogen) atoms. The smallest absolute Gasteiger partial charge is 0.180 e. The second-order valence-electron chi connectivity index (χ2n) is 3.72. The zero-order chi connectivity index (χ0) is 14.4. The number of ether oxygens (including phenoxy) is 2. The van der Waals surface area contributed by atoms with Gasteiger partial charge in [-0.2, -0.15) is 5.10 Å². The molecular formula is C13H13ClN4O2. The molecule has 1 heterocycles. The minimum Gasteiger partial charge on any atom is -0.493 e. The normalized spacial score (nSPS) is 10.7. The Morgan fingerprint density at radius 3 is 2.80 bits per heavy atom. The van der Waals surface area contributed by atoms with Crippen LogP contribution in [0.1, 0.15) is 5.56 Å². The molecule has 2 rings (SSSR count). The van der Waals surface area contributed by atoms with Gasteiger partial charge in [0, 0.05) is 0 Å². The maximum absolute atomic E-state index is 6.18. The number of benzene rings is 1. The molecule has 0 bridgehead atoms. The lowest BCUT2D eigenvalue weighted by molar-refractivity contribution is 0.326. The van der Waals surface area contributed by atoms with Crippen molar-refractivity contribution in [2.75, 3.05) is 13.7 Å². The lowest BCUT2D eigenvalue weighted by Crippen LogP contribution is -1.98. The molecule has 1 aromatic heterocycles. The van der Waals surface area contributed by atoms with Gasteiger partial charge in [-0.15, -0.1) is 10.2 Å². The van der Waals surface area contributed by atoms with E-state index in [1.54, 1.807) is 31.5 Å². The summed E-state index contributed by atoms with van der Waals surface area (Å²) in [6.07, 6.45) is 6.22. The molecule has 7 heteroatoms. The first kappa shape index (κ1) is 14.1. The Balaban J connectivity index is 2.27. The van der Waals surface area contributed by atoms with Crippen LogP contribution in [-0.2, 0) is 0 Å². The highest BCUT2D eigenvalue weighted by Crippen LogP contribution is 2.36. The first-order valence-electron chi connectivity index (χ1n) is 5.75. The third-order valence-corrected chi connectivity index (χ3v) is 2.62. The highest BCUT2D eigenvalue weighted by molar-refractivity contribution is 6.32. The van der Waals surface area contributed by atoms with Crippen molar-refractivity contribution in [2.24, 2.45) is 5.10 Å². The van der Waals surface area contributed by atoms with Gasteiger partial charge in [-0.3, -0.25) is 0 Å². The molecule has 0 saturated carbocycles. The van der Waals surface area contributed by atoms with Gasteiger partial charge in [-0.05, 0) is 17.7 Å². The third-order valence-electron chi connectivity index (χ3n) is 2.34. The van der Waals surface area contributed by atoms with E-state index in [4.69, 9.17) is 21.1 Å². The van der Waals surface area contributed by atoms with E-state index in [-0.39, 0.29) is 0 Å². The molecule has 1 aromatic carbocycles. The molecule has 0 aliphatic rings. The van der Waals surface area contributed by atoms with Gasteiger partial charge in [-0.1, -0.05) is 24.3 Å². The van der Waals surface area contributed by atoms with Crippen molar-refractivity contribution in [3.63, 3.8) is 0 Å². The van der Waals surface area contributed by atoms with E-state index < -0.39 is 0 Å². The summed E-state index contributed by atoms with van der Waals surface area (Å²) in [7, 11) is 1.55. The number of hydrogen-bond acceptors (Lipinski definition) is 5. The van der Waals surface area contributed by atoms with Crippen LogP contribution >= 0.6 is 11.6 Å². The van der Waals surface area contributed by atoms with Crippen LogP contribution in [0, 0.1) is 0 Å². The summed E-state index contributed by atoms with van der Waals surface area (Å²) >= 11 is 6.18. The Labute approximate surface area is 121 Å². The number of methoxy groups -OCH3 is 1. The molecule has 0 fully saturated rings. The summed E-state index contributed by atoms with van der Waals surface area (Å²) in [6.45, 7) is 3.94. The summed E-state index contributed by atoms with van der Waals surface area (Å²) in [5.41, 5.74) is 0.770. The Morgan fingerprint density at radius 1 is 1.40 bits per heavy atom. The Morgan fingerprint density at radius 2 is 2.15 bits per heavy atom. The SMILES string of the molecule is C=CCOc1c(Cl)cc(C=Nn2cnnc2)cc1OC. The molecule has 0 unspecified atom stereocenters. The van der Waals surface area contributed by atoms with Crippen molar-refractivity contribution < 1.29 is 9.47 Å². The van der Waals surface area contributed by atoms with Crippen molar-refractivity contribution in [3.05, 3.63) is 48.0 Å². The minimum absolute atomic E-state index is 0.351. The first-order valence-corrected chi connectivity index (χ1v) is 6.12. The predicted molar refractivity (Wildman–Crippen MR) is 76.7 cm³/mol. The van der Waals surface area contributed by atoms with Crippen molar-refractivity contribution >= 4 is 17.8 Å². The van der Waals surface area contributed by atoms with Gasteiger partial charge in [0.25, 0.3) is 0 Å². The summed E-state index contributed by atoms with van der Waals surface area (Å²) in [5, 5.41) is 11.9. The third kappa shape index (κ3) is 3.36. The lowest BCUT2D eigenvalue weighted by atomic mass is 10.2. The molecule has 0 amide bonds. The molecular weight excluding hydrogens is 280 g/mol. The fourth-order valence-corrected chi connectivity index (χ4v) is 1.76. The number of nitrogens with zero attached hydrogens (tertiary/aromatic N) is 4. The fourth-order valence-electron chi connectivity index (χ4n) is 1.48. The van der Waals surface area contributed by atoms with E-state index in [1.807, 2.05) is 0 Å². The van der Waals surface area contributed by atoms with E-state index in [9.17, 15) is 0 Å². The molecule has 6 nitrogen and oxygen atoms in total. The maximum atomic E-state index is 6.18. The Hall–Kier alpha value is -2.34. The van der Waals surface area contributed by atoms with Gasteiger partial charge in [0.15, 0.2) is 11.5 Å². The molecule has 0 aliphatic heterocycles. The Kier molecular flexibility index (Phi) is 4.73. The highest BCUT2D eigenvalue weighted by atomic mass is 35.5. The maximum Gasteiger partial charge on any atom is 0.180 e. The Bertz CT molecular complexity index is 611. The van der Waals surface area contributed by atoms with Gasteiger partial charge in [-0.25, -0.2) is 4.68 Å². The van der Waals surface area contributed by atoms with Crippen LogP contribution in [0.3, 0.4) is 0 Å². The van der Waals surface area contributed by atoms with E-state index in [0.29, 0.717) is 23.1 Å². The van der Waals surface area contributed by atoms with Crippen LogP contribution in [0.5, 0.6) is 11.5 Å². The molecule has 0 atom stereocenters. The molecule has 0 aliphatic carbocycles. The second kappa shape index (κ2) is 6.72. The van der Waals surface area contributed by atoms with Crippen molar-refractivity contribution in [1.82, 2.24) is 14.9 Å². The van der Waals surface area contributed by atoms with Gasteiger partial charge >= 0.3 is 0 Å². The van der Waals surface area contributed by atoms with Gasteiger partial charge < -0.3 is 9.47 Å². The zero-order valence-electron chi connectivity index (χ0n) is 10.9. The summed E-state index contributed by atoms with van der Waals surface area (Å²) < 4.78 is 12.2. The van der Waals surface area contributed by atoms with Crippen LogP contribution in [0.4, 0.5) is 0 Å². The molecule has 104 valence electrons. The van der Waals surface area contributed by atoms with Crippen LogP contribution in [0.2, 0.25) is 5.02 Å². The average Bonchev–Trinajstić information content (AvgIpc) is 2.96. The number of halogens is 1. The van der Waals surface area contributed by atoms with Gasteiger partial charge in [0.05, 0.1) is 18.3 Å². The van der Waals surface area contributed by atoms with Gasteiger partial charge in [0.2, 0.25) is 0 Å². The van der Waals surface area contributed by atoms with Crippen LogP contribution in [-0.4, -0.2) is 34.8 Å². The molecule has 0 spiro atoms. The highest BCUT2D eigenvalue weighted by Gasteiger charge is 2.10. The first-order chi connectivity index (χ1) is 9.74. The quantitative estimate of drug-likeness (QED) is 0.606. The molecule has 2 aromatic rings. The summed E-state index contributed by atoms with van der Waals surface area (Å²) in [6, 6.07) is 3.51. The predicted octanol–water partition coefficient (Wildman–Crippen LogP) is 2.39. The van der Waals surface area contributed by atoms with Crippen molar-refractivity contribution in [3.8, 4) is 11.5 Å². The number of aromatic nitrogens is 3. The standard InChI is InChI=1S/C13H13ClN4O2/c1-3-4-20-13-11(14)5-10(6-12(13)19-2)7-17-18-8-15-16-9-18/h3,5-9H,1,4H2,2H3. The van der Waals surface area contributed by atoms with E-state index in [2.05, 4.69) is 21.9 Å². The number of hydrogen-bond donors (Lipinski definition) is 0. The molecule has 0 N–H and O–H groups in total. The van der Waals surface area contributed by atoms with Crippen LogP contribution in [0.15, 0.2) is 42.5 Å². The zero-order valence-corrected chi connectivity index (χ0v) is 11.6. The van der Waals surface area contributed by atoms with E-state index in [0.717, 1.165) is 5.56 Å². The second-order valence-corrected chi connectivity index (χ2v) is 4.13. The average molecular weight is 293 g/mol. The van der Waals surface area contributed by atoms with Crippen molar-refractivity contribution in [2.45, 2.75) is 0 Å². The molecule has 0 radical (unpaired) electrons. The summed E-state index contributed by atoms with van der Waals surface area (Å²) in [4.78, 5) is 0. The van der Waals surface area contributed by atoms with Gasteiger partial charge in [0.1, 0.15) is 19.3 Å². The number of rotatable bonds is 6. The monoisotopic (exact) mass is 292 g/mol. The minimum atomic E-state index is 0.351. The van der Waals surface area contributed by atoms with E-state index in [1.165, 1.54) is 17.3 Å². The topological polar surface area (TPSA) is 61.5 Å². The van der Waals surface area contributed by atoms with E-state index >= 15 is 0 Å². The largest absolute Gasteiger partial charge is 0.493 e. The van der Waals surface area contributed by atoms with Crippen molar-refractivity contribution in [1.29, 1.82) is 0 Å². The fraction of sp³-hybridized carbons (Fsp3) is 0.154. The van der Waals surface area contributed by atoms with Crippen LogP contribution in [0.25, 0.3) is 0 Å². The lowest BCUT2D eigenvalue weighted by Gasteiger charge is -2.11. The van der Waals surface area contributed by atoms with Crippen LogP contribution < -0.4 is 9.47 Å². The molecule has 0 saturated heterocycles. The summed E-state index contributed by atoms with van der Waals surface area (Å²) in [5.74, 6) is 1.01.